The van der Waals surface area contributed by atoms with Gasteiger partial charge < -0.3 is 9.72 Å². The lowest BCUT2D eigenvalue weighted by atomic mass is 9.73. The number of hydrogen-bond acceptors (Lipinski definition) is 4. The summed E-state index contributed by atoms with van der Waals surface area (Å²) in [7, 11) is 0. The molecule has 0 saturated carbocycles. The van der Waals surface area contributed by atoms with Crippen molar-refractivity contribution < 1.29 is 14.3 Å². The quantitative estimate of drug-likeness (QED) is 0.841. The van der Waals surface area contributed by atoms with Crippen LogP contribution >= 0.6 is 0 Å². The first-order valence-corrected chi connectivity index (χ1v) is 9.46. The van der Waals surface area contributed by atoms with Crippen LogP contribution in [0.25, 0.3) is 10.9 Å². The third kappa shape index (κ3) is 2.49. The lowest BCUT2D eigenvalue weighted by Gasteiger charge is -2.35. The van der Waals surface area contributed by atoms with E-state index in [0.717, 1.165) is 23.7 Å². The summed E-state index contributed by atoms with van der Waals surface area (Å²) in [5.74, 6) is 0.657. The number of hydrogen-bond donors (Lipinski definition) is 1. The number of Topliss-reactive ketones (excluding diaryl/α,β-unsaturated/α-hetero) is 2. The van der Waals surface area contributed by atoms with Gasteiger partial charge in [-0.1, -0.05) is 18.2 Å². The summed E-state index contributed by atoms with van der Waals surface area (Å²) in [5, 5.41) is 0.884. The number of aromatic amines is 1. The minimum Gasteiger partial charge on any atom is -0.465 e. The molecule has 0 bridgehead atoms. The number of para-hydroxylation sites is 1. The van der Waals surface area contributed by atoms with Crippen LogP contribution in [0.1, 0.15) is 50.0 Å². The fraction of sp³-hybridized carbons (Fsp3) is 0.318. The van der Waals surface area contributed by atoms with E-state index < -0.39 is 5.92 Å². The Morgan fingerprint density at radius 1 is 0.852 bits per heavy atom. The van der Waals surface area contributed by atoms with Crippen molar-refractivity contribution >= 4 is 22.5 Å². The maximum atomic E-state index is 12.9. The van der Waals surface area contributed by atoms with E-state index in [4.69, 9.17) is 4.74 Å². The average molecular weight is 361 g/mol. The van der Waals surface area contributed by atoms with Crippen LogP contribution in [0.4, 0.5) is 0 Å². The minimum absolute atomic E-state index is 0.0151. The van der Waals surface area contributed by atoms with E-state index in [0.29, 0.717) is 53.9 Å². The van der Waals surface area contributed by atoms with Gasteiger partial charge in [0.1, 0.15) is 11.5 Å². The van der Waals surface area contributed by atoms with Gasteiger partial charge >= 0.3 is 0 Å². The zero-order valence-electron chi connectivity index (χ0n) is 14.8. The molecular weight excluding hydrogens is 342 g/mol. The van der Waals surface area contributed by atoms with Crippen molar-refractivity contribution in [3.8, 4) is 0 Å². The van der Waals surface area contributed by atoms with Gasteiger partial charge in [0.25, 0.3) is 5.56 Å². The number of rotatable bonds is 1. The molecule has 5 nitrogen and oxygen atoms in total. The molecule has 0 saturated heterocycles. The number of carbonyl (C=O) groups is 2. The van der Waals surface area contributed by atoms with Gasteiger partial charge in [0.15, 0.2) is 11.6 Å². The number of ether oxygens (including phenoxy) is 1. The molecule has 2 aliphatic carbocycles. The third-order valence-corrected chi connectivity index (χ3v) is 5.73. The molecule has 27 heavy (non-hydrogen) atoms. The Kier molecular flexibility index (Phi) is 3.64. The molecule has 0 radical (unpaired) electrons. The number of pyridine rings is 1. The summed E-state index contributed by atoms with van der Waals surface area (Å²) in [6.07, 6.45) is 3.70. The molecule has 1 aromatic heterocycles. The van der Waals surface area contributed by atoms with Gasteiger partial charge in [-0.3, -0.25) is 14.4 Å². The number of fused-ring (bicyclic) bond motifs is 1. The number of carbonyl (C=O) groups excluding carboxylic acids is 2. The highest BCUT2D eigenvalue weighted by Crippen LogP contribution is 2.47. The molecule has 1 aliphatic heterocycles. The summed E-state index contributed by atoms with van der Waals surface area (Å²) in [6, 6.07) is 9.36. The first kappa shape index (κ1) is 16.2. The largest absolute Gasteiger partial charge is 0.465 e. The highest BCUT2D eigenvalue weighted by atomic mass is 16.5. The van der Waals surface area contributed by atoms with Gasteiger partial charge in [-0.25, -0.2) is 0 Å². The van der Waals surface area contributed by atoms with E-state index in [2.05, 4.69) is 4.98 Å². The molecule has 136 valence electrons. The van der Waals surface area contributed by atoms with Crippen molar-refractivity contribution in [2.24, 2.45) is 0 Å². The summed E-state index contributed by atoms with van der Waals surface area (Å²) >= 11 is 0. The molecule has 0 unspecified atom stereocenters. The Labute approximate surface area is 155 Å². The Morgan fingerprint density at radius 3 is 2.15 bits per heavy atom. The molecule has 2 aromatic rings. The van der Waals surface area contributed by atoms with Gasteiger partial charge in [-0.15, -0.1) is 0 Å². The van der Waals surface area contributed by atoms with Gasteiger partial charge in [-0.05, 0) is 30.4 Å². The normalized spacial score (nSPS) is 20.6. The van der Waals surface area contributed by atoms with Crippen LogP contribution in [0, 0.1) is 0 Å². The molecule has 3 aliphatic rings. The van der Waals surface area contributed by atoms with Crippen molar-refractivity contribution in [3.63, 3.8) is 0 Å². The second-order valence-electron chi connectivity index (χ2n) is 7.40. The Hall–Kier alpha value is -2.95. The number of ketones is 2. The number of aromatic nitrogens is 1. The van der Waals surface area contributed by atoms with E-state index in [-0.39, 0.29) is 17.1 Å². The van der Waals surface area contributed by atoms with Gasteiger partial charge in [-0.2, -0.15) is 0 Å². The smallest absolute Gasteiger partial charge is 0.252 e. The standard InChI is InChI=1S/C22H19NO4/c24-15-7-3-9-17-20(15)19(21-16(25)8-4-10-18(21)27-17)13-11-12-5-1-2-6-14(12)23-22(13)26/h1-2,5-6,11,19H,3-4,7-10H2,(H,23,26). The fourth-order valence-electron chi connectivity index (χ4n) is 4.51. The summed E-state index contributed by atoms with van der Waals surface area (Å²) in [6.45, 7) is 0. The molecule has 1 aromatic carbocycles. The Morgan fingerprint density at radius 2 is 1.48 bits per heavy atom. The van der Waals surface area contributed by atoms with Crippen LogP contribution in [0.15, 0.2) is 57.8 Å². The molecule has 5 rings (SSSR count). The zero-order valence-corrected chi connectivity index (χ0v) is 14.8. The molecular formula is C22H19NO4. The van der Waals surface area contributed by atoms with Gasteiger partial charge in [0.2, 0.25) is 0 Å². The number of allylic oxidation sites excluding steroid dienone is 4. The number of H-pyrrole nitrogens is 1. The van der Waals surface area contributed by atoms with E-state index in [1.54, 1.807) is 0 Å². The lowest BCUT2D eigenvalue weighted by Crippen LogP contribution is -2.33. The molecule has 2 heterocycles. The predicted octanol–water partition coefficient (Wildman–Crippen LogP) is 3.66. The summed E-state index contributed by atoms with van der Waals surface area (Å²) in [4.78, 5) is 41.4. The van der Waals surface area contributed by atoms with Crippen molar-refractivity contribution in [2.45, 2.75) is 44.4 Å². The second-order valence-corrected chi connectivity index (χ2v) is 7.40. The van der Waals surface area contributed by atoms with E-state index in [1.165, 1.54) is 0 Å². The van der Waals surface area contributed by atoms with E-state index in [1.807, 2.05) is 30.3 Å². The molecule has 5 heteroatoms. The van der Waals surface area contributed by atoms with Crippen LogP contribution < -0.4 is 5.56 Å². The topological polar surface area (TPSA) is 76.2 Å². The van der Waals surface area contributed by atoms with Crippen LogP contribution in [-0.2, 0) is 14.3 Å². The highest BCUT2D eigenvalue weighted by molar-refractivity contribution is 6.06. The van der Waals surface area contributed by atoms with Crippen LogP contribution in [0.2, 0.25) is 0 Å². The lowest BCUT2D eigenvalue weighted by molar-refractivity contribution is -0.117. The summed E-state index contributed by atoms with van der Waals surface area (Å²) < 4.78 is 6.02. The minimum atomic E-state index is -0.613. The monoisotopic (exact) mass is 361 g/mol. The molecule has 0 spiro atoms. The van der Waals surface area contributed by atoms with E-state index in [9.17, 15) is 14.4 Å². The zero-order chi connectivity index (χ0) is 18.5. The van der Waals surface area contributed by atoms with Gasteiger partial charge in [0, 0.05) is 47.9 Å². The van der Waals surface area contributed by atoms with Crippen molar-refractivity contribution in [1.82, 2.24) is 4.98 Å². The molecule has 1 N–H and O–H groups in total. The summed E-state index contributed by atoms with van der Waals surface area (Å²) in [5.41, 5.74) is 1.97. The fourth-order valence-corrected chi connectivity index (χ4v) is 4.51. The predicted molar refractivity (Wildman–Crippen MR) is 100 cm³/mol. The van der Waals surface area contributed by atoms with Crippen LogP contribution in [-0.4, -0.2) is 16.6 Å². The van der Waals surface area contributed by atoms with E-state index >= 15 is 0 Å². The van der Waals surface area contributed by atoms with Crippen molar-refractivity contribution in [3.05, 3.63) is 68.9 Å². The number of benzene rings is 1. The second kappa shape index (κ2) is 6.05. The average Bonchev–Trinajstić information content (AvgIpc) is 2.66. The maximum absolute atomic E-state index is 12.9. The number of nitrogens with one attached hydrogen (secondary N) is 1. The Balaban J connectivity index is 1.79. The van der Waals surface area contributed by atoms with Crippen LogP contribution in [0.3, 0.4) is 0 Å². The van der Waals surface area contributed by atoms with Crippen molar-refractivity contribution in [1.29, 1.82) is 0 Å². The first-order chi connectivity index (χ1) is 13.1. The first-order valence-electron chi connectivity index (χ1n) is 9.46. The SMILES string of the molecule is O=C1CCCC2=C1C(c1cc3ccccc3[nH]c1=O)C1=C(CCCC1=O)O2. The van der Waals surface area contributed by atoms with Gasteiger partial charge in [0.05, 0.1) is 5.92 Å². The van der Waals surface area contributed by atoms with Crippen molar-refractivity contribution in [2.75, 3.05) is 0 Å². The molecule has 0 amide bonds. The molecule has 0 fully saturated rings. The third-order valence-electron chi connectivity index (χ3n) is 5.73. The maximum Gasteiger partial charge on any atom is 0.252 e. The van der Waals surface area contributed by atoms with Crippen LogP contribution in [0.5, 0.6) is 0 Å². The molecule has 0 atom stereocenters. The highest BCUT2D eigenvalue weighted by Gasteiger charge is 2.42. The Bertz CT molecular complexity index is 1080.